The van der Waals surface area contributed by atoms with E-state index in [0.717, 1.165) is 53.8 Å². The zero-order valence-electron chi connectivity index (χ0n) is 18.6. The Hall–Kier alpha value is -2.27. The Bertz CT molecular complexity index is 986. The normalized spacial score (nSPS) is 15.1. The summed E-state index contributed by atoms with van der Waals surface area (Å²) in [6, 6.07) is 7.09. The van der Waals surface area contributed by atoms with Crippen LogP contribution in [0.2, 0.25) is 0 Å². The van der Waals surface area contributed by atoms with Gasteiger partial charge in [0.2, 0.25) is 0 Å². The molecule has 2 aromatic rings. The Labute approximate surface area is 204 Å². The zero-order chi connectivity index (χ0) is 21.8. The highest BCUT2D eigenvalue weighted by atomic mass is 127. The van der Waals surface area contributed by atoms with Gasteiger partial charge in [-0.05, 0) is 53.8 Å². The highest BCUT2D eigenvalue weighted by molar-refractivity contribution is 14.0. The van der Waals surface area contributed by atoms with Gasteiger partial charge in [-0.3, -0.25) is 4.99 Å². The number of ether oxygens (including phenoxy) is 4. The Morgan fingerprint density at radius 1 is 1.12 bits per heavy atom. The van der Waals surface area contributed by atoms with Gasteiger partial charge in [0.25, 0.3) is 0 Å². The van der Waals surface area contributed by atoms with E-state index in [1.165, 1.54) is 23.3 Å². The second-order valence-corrected chi connectivity index (χ2v) is 7.54. The van der Waals surface area contributed by atoms with Gasteiger partial charge < -0.3 is 29.2 Å². The largest absolute Gasteiger partial charge is 0.493 e. The molecule has 2 heterocycles. The van der Waals surface area contributed by atoms with Crippen LogP contribution in [0.1, 0.15) is 22.3 Å². The van der Waals surface area contributed by atoms with Crippen molar-refractivity contribution in [2.24, 2.45) is 4.99 Å². The van der Waals surface area contributed by atoms with Crippen LogP contribution >= 0.6 is 24.0 Å². The Balaban J connectivity index is 0.00000289. The molecule has 7 nitrogen and oxygen atoms in total. The Kier molecular flexibility index (Phi) is 8.41. The molecule has 0 saturated heterocycles. The summed E-state index contributed by atoms with van der Waals surface area (Å²) in [7, 11) is 5.07. The van der Waals surface area contributed by atoms with Gasteiger partial charge in [-0.15, -0.1) is 24.0 Å². The minimum Gasteiger partial charge on any atom is -0.493 e. The van der Waals surface area contributed by atoms with E-state index in [0.29, 0.717) is 19.6 Å². The van der Waals surface area contributed by atoms with E-state index in [1.54, 1.807) is 21.3 Å². The van der Waals surface area contributed by atoms with E-state index in [2.05, 4.69) is 21.3 Å². The van der Waals surface area contributed by atoms with Crippen molar-refractivity contribution in [1.82, 2.24) is 10.2 Å². The van der Waals surface area contributed by atoms with E-state index in [-0.39, 0.29) is 36.6 Å². The first-order chi connectivity index (χ1) is 15.1. The molecule has 0 amide bonds. The third kappa shape index (κ3) is 5.20. The maximum Gasteiger partial charge on any atom is 0.193 e. The molecule has 0 aliphatic carbocycles. The fourth-order valence-corrected chi connectivity index (χ4v) is 4.15. The average Bonchev–Trinajstić information content (AvgIpc) is 2.80. The van der Waals surface area contributed by atoms with Crippen LogP contribution in [-0.4, -0.2) is 52.0 Å². The van der Waals surface area contributed by atoms with Gasteiger partial charge in [-0.25, -0.2) is 4.39 Å². The minimum absolute atomic E-state index is 0. The molecule has 1 N–H and O–H groups in total. The average molecular weight is 557 g/mol. The number of hydrogen-bond acceptors (Lipinski definition) is 5. The summed E-state index contributed by atoms with van der Waals surface area (Å²) in [6.07, 6.45) is 1.51. The van der Waals surface area contributed by atoms with Gasteiger partial charge in [-0.1, -0.05) is 0 Å². The van der Waals surface area contributed by atoms with Crippen molar-refractivity contribution in [3.63, 3.8) is 0 Å². The fraction of sp³-hybridized carbons (Fsp3) is 0.435. The monoisotopic (exact) mass is 557 g/mol. The van der Waals surface area contributed by atoms with E-state index in [4.69, 9.17) is 18.9 Å². The van der Waals surface area contributed by atoms with Crippen LogP contribution in [0.3, 0.4) is 0 Å². The minimum atomic E-state index is -0.274. The highest BCUT2D eigenvalue weighted by Crippen LogP contribution is 2.33. The molecular weight excluding hydrogens is 528 g/mol. The van der Waals surface area contributed by atoms with Gasteiger partial charge in [0.05, 0.1) is 20.8 Å². The molecule has 174 valence electrons. The van der Waals surface area contributed by atoms with Crippen LogP contribution in [0.25, 0.3) is 0 Å². The predicted octanol–water partition coefficient (Wildman–Crippen LogP) is 3.50. The number of benzene rings is 2. The molecule has 2 aromatic carbocycles. The summed E-state index contributed by atoms with van der Waals surface area (Å²) in [5, 5.41) is 3.41. The fourth-order valence-electron chi connectivity index (χ4n) is 4.15. The maximum absolute atomic E-state index is 14.0. The van der Waals surface area contributed by atoms with E-state index < -0.39 is 0 Å². The quantitative estimate of drug-likeness (QED) is 0.345. The number of nitrogens with one attached hydrogen (secondary N) is 1. The molecule has 0 bridgehead atoms. The third-order valence-corrected chi connectivity index (χ3v) is 5.66. The Morgan fingerprint density at radius 2 is 1.88 bits per heavy atom. The predicted molar refractivity (Wildman–Crippen MR) is 131 cm³/mol. The van der Waals surface area contributed by atoms with Crippen LogP contribution in [0.4, 0.5) is 4.39 Å². The van der Waals surface area contributed by atoms with Crippen molar-refractivity contribution < 1.29 is 23.3 Å². The molecule has 2 aliphatic heterocycles. The molecule has 0 radical (unpaired) electrons. The first kappa shape index (κ1) is 24.4. The molecule has 0 fully saturated rings. The first-order valence-corrected chi connectivity index (χ1v) is 10.3. The number of aliphatic imine (C=N–C) groups is 1. The molecule has 9 heteroatoms. The molecular formula is C23H29FIN3O4. The van der Waals surface area contributed by atoms with Crippen LogP contribution in [0.5, 0.6) is 17.2 Å². The maximum atomic E-state index is 14.0. The standard InChI is InChI=1S/C23H28FN3O4.HI/c1-25-23(26-6-4-16-8-19(24)9-18-13-30-14-31-22(16)18)27-7-5-15-10-20(28-2)21(29-3)11-17(15)12-27;/h8-11H,4-7,12-14H2,1-3H3,(H,25,26);1H. The topological polar surface area (TPSA) is 64.6 Å². The lowest BCUT2D eigenvalue weighted by Gasteiger charge is -2.32. The summed E-state index contributed by atoms with van der Waals surface area (Å²) in [5.41, 5.74) is 4.04. The van der Waals surface area contributed by atoms with Crippen molar-refractivity contribution in [2.75, 3.05) is 41.1 Å². The smallest absolute Gasteiger partial charge is 0.193 e. The lowest BCUT2D eigenvalue weighted by atomic mass is 9.99. The van der Waals surface area contributed by atoms with Gasteiger partial charge in [0, 0.05) is 32.2 Å². The number of hydrogen-bond donors (Lipinski definition) is 1. The number of nitrogens with zero attached hydrogens (tertiary/aromatic N) is 2. The highest BCUT2D eigenvalue weighted by Gasteiger charge is 2.22. The lowest BCUT2D eigenvalue weighted by Crippen LogP contribution is -2.44. The molecule has 0 atom stereocenters. The van der Waals surface area contributed by atoms with Crippen LogP contribution in [-0.2, 0) is 30.7 Å². The second-order valence-electron chi connectivity index (χ2n) is 7.54. The molecule has 2 aliphatic rings. The summed E-state index contributed by atoms with van der Waals surface area (Å²) in [6.45, 7) is 2.75. The first-order valence-electron chi connectivity index (χ1n) is 10.3. The summed E-state index contributed by atoms with van der Waals surface area (Å²) >= 11 is 0. The lowest BCUT2D eigenvalue weighted by molar-refractivity contribution is -0.0172. The zero-order valence-corrected chi connectivity index (χ0v) is 20.9. The van der Waals surface area contributed by atoms with Crippen LogP contribution < -0.4 is 19.5 Å². The molecule has 0 spiro atoms. The van der Waals surface area contributed by atoms with Crippen molar-refractivity contribution in [2.45, 2.75) is 26.0 Å². The Morgan fingerprint density at radius 3 is 2.59 bits per heavy atom. The number of fused-ring (bicyclic) bond motifs is 2. The van der Waals surface area contributed by atoms with E-state index in [1.807, 2.05) is 6.07 Å². The summed E-state index contributed by atoms with van der Waals surface area (Å²) < 4.78 is 35.7. The van der Waals surface area contributed by atoms with Crippen molar-refractivity contribution in [3.05, 3.63) is 52.3 Å². The number of halogens is 2. The van der Waals surface area contributed by atoms with E-state index in [9.17, 15) is 4.39 Å². The third-order valence-electron chi connectivity index (χ3n) is 5.66. The van der Waals surface area contributed by atoms with Gasteiger partial charge >= 0.3 is 0 Å². The van der Waals surface area contributed by atoms with Gasteiger partial charge in [0.1, 0.15) is 11.6 Å². The molecule has 0 aromatic heterocycles. The van der Waals surface area contributed by atoms with Crippen molar-refractivity contribution in [3.8, 4) is 17.2 Å². The van der Waals surface area contributed by atoms with E-state index >= 15 is 0 Å². The molecule has 32 heavy (non-hydrogen) atoms. The number of methoxy groups -OCH3 is 2. The molecule has 4 rings (SSSR count). The number of rotatable bonds is 5. The van der Waals surface area contributed by atoms with Crippen LogP contribution in [0.15, 0.2) is 29.3 Å². The molecule has 0 unspecified atom stereocenters. The summed E-state index contributed by atoms with van der Waals surface area (Å²) in [5.74, 6) is 2.76. The van der Waals surface area contributed by atoms with Gasteiger partial charge in [0.15, 0.2) is 24.3 Å². The van der Waals surface area contributed by atoms with Crippen molar-refractivity contribution >= 4 is 29.9 Å². The van der Waals surface area contributed by atoms with Crippen molar-refractivity contribution in [1.29, 1.82) is 0 Å². The van der Waals surface area contributed by atoms with Gasteiger partial charge in [-0.2, -0.15) is 0 Å². The SMILES string of the molecule is CN=C(NCCc1cc(F)cc2c1OCOC2)N1CCc2cc(OC)c(OC)cc2C1.I. The number of guanidine groups is 1. The second kappa shape index (κ2) is 11.0. The van der Waals surface area contributed by atoms with Crippen LogP contribution in [0, 0.1) is 5.82 Å². The molecule has 0 saturated carbocycles. The summed E-state index contributed by atoms with van der Waals surface area (Å²) in [4.78, 5) is 6.66.